The first-order valence-corrected chi connectivity index (χ1v) is 8.53. The summed E-state index contributed by atoms with van der Waals surface area (Å²) < 4.78 is 7.17. The number of esters is 1. The van der Waals surface area contributed by atoms with Gasteiger partial charge in [0.1, 0.15) is 6.54 Å². The lowest BCUT2D eigenvalue weighted by Crippen LogP contribution is -2.28. The van der Waals surface area contributed by atoms with E-state index < -0.39 is 5.97 Å². The summed E-state index contributed by atoms with van der Waals surface area (Å²) in [5.74, 6) is -0.749. The Hall–Kier alpha value is -2.41. The molecule has 7 heteroatoms. The molecule has 0 bridgehead atoms. The molecule has 0 fully saturated rings. The first kappa shape index (κ1) is 18.9. The van der Waals surface area contributed by atoms with E-state index in [1.165, 1.54) is 4.57 Å². The van der Waals surface area contributed by atoms with Crippen LogP contribution in [0.4, 0.5) is 5.69 Å². The lowest BCUT2D eigenvalue weighted by molar-refractivity contribution is -0.116. The third-order valence-electron chi connectivity index (χ3n) is 3.29. The Morgan fingerprint density at radius 2 is 1.88 bits per heavy atom. The number of nitrogens with zero attached hydrogens (tertiary/aromatic N) is 1. The van der Waals surface area contributed by atoms with Gasteiger partial charge in [0.25, 0.3) is 5.56 Å². The van der Waals surface area contributed by atoms with Crippen LogP contribution in [0.1, 0.15) is 29.8 Å². The lowest BCUT2D eigenvalue weighted by Gasteiger charge is -2.10. The van der Waals surface area contributed by atoms with E-state index in [1.54, 1.807) is 57.3 Å². The Labute approximate surface area is 153 Å². The van der Waals surface area contributed by atoms with Gasteiger partial charge in [-0.1, -0.05) is 0 Å². The summed E-state index contributed by atoms with van der Waals surface area (Å²) in [7, 11) is 0. The minimum atomic E-state index is -0.413. The molecule has 1 aromatic carbocycles. The average Bonchev–Trinajstić information content (AvgIpc) is 2.52. The molecular weight excluding hydrogens is 388 g/mol. The first-order chi connectivity index (χ1) is 11.8. The molecule has 2 rings (SSSR count). The highest BCUT2D eigenvalue weighted by atomic mass is 79.9. The third kappa shape index (κ3) is 5.29. The number of nitrogens with one attached hydrogen (secondary N) is 1. The van der Waals surface area contributed by atoms with E-state index in [9.17, 15) is 14.4 Å². The van der Waals surface area contributed by atoms with Crippen LogP contribution in [0.3, 0.4) is 0 Å². The normalized spacial score (nSPS) is 10.6. The predicted octanol–water partition coefficient (Wildman–Crippen LogP) is 3.12. The topological polar surface area (TPSA) is 77.4 Å². The van der Waals surface area contributed by atoms with Crippen molar-refractivity contribution in [2.75, 3.05) is 5.32 Å². The molecule has 0 unspecified atom stereocenters. The van der Waals surface area contributed by atoms with Crippen LogP contribution in [0.25, 0.3) is 0 Å². The van der Waals surface area contributed by atoms with E-state index in [2.05, 4.69) is 21.2 Å². The van der Waals surface area contributed by atoms with Crippen molar-refractivity contribution in [3.63, 3.8) is 0 Å². The number of carbonyl (C=O) groups is 2. The predicted molar refractivity (Wildman–Crippen MR) is 98.8 cm³/mol. The maximum atomic E-state index is 12.1. The second kappa shape index (κ2) is 8.11. The second-order valence-corrected chi connectivity index (χ2v) is 6.77. The molecule has 0 atom stereocenters. The standard InChI is InChI=1S/C18H19BrN2O4/c1-11(2)25-18(24)13-4-6-15(7-5-13)20-16(22)10-21-9-14(19)8-12(3)17(21)23/h4-9,11H,10H2,1-3H3,(H,20,22). The van der Waals surface area contributed by atoms with Crippen LogP contribution in [0.2, 0.25) is 0 Å². The minimum absolute atomic E-state index is 0.101. The van der Waals surface area contributed by atoms with E-state index in [-0.39, 0.29) is 24.1 Å². The number of pyridine rings is 1. The molecule has 0 spiro atoms. The van der Waals surface area contributed by atoms with Crippen molar-refractivity contribution in [3.8, 4) is 0 Å². The highest BCUT2D eigenvalue weighted by molar-refractivity contribution is 9.10. The monoisotopic (exact) mass is 406 g/mol. The van der Waals surface area contributed by atoms with Crippen molar-refractivity contribution in [1.29, 1.82) is 0 Å². The zero-order valence-electron chi connectivity index (χ0n) is 14.2. The van der Waals surface area contributed by atoms with Gasteiger partial charge in [-0.25, -0.2) is 4.79 Å². The second-order valence-electron chi connectivity index (χ2n) is 5.85. The van der Waals surface area contributed by atoms with Gasteiger partial charge in [-0.05, 0) is 67.0 Å². The van der Waals surface area contributed by atoms with Crippen LogP contribution in [0, 0.1) is 6.92 Å². The molecule has 1 N–H and O–H groups in total. The van der Waals surface area contributed by atoms with Crippen molar-refractivity contribution in [3.05, 3.63) is 62.5 Å². The Balaban J connectivity index is 2.04. The van der Waals surface area contributed by atoms with Crippen molar-refractivity contribution in [2.24, 2.45) is 0 Å². The number of benzene rings is 1. The van der Waals surface area contributed by atoms with Crippen LogP contribution in [0.15, 0.2) is 45.8 Å². The molecule has 0 saturated carbocycles. The molecule has 132 valence electrons. The Morgan fingerprint density at radius 3 is 2.48 bits per heavy atom. The summed E-state index contributed by atoms with van der Waals surface area (Å²) in [4.78, 5) is 35.9. The number of rotatable bonds is 5. The maximum Gasteiger partial charge on any atom is 0.338 e. The van der Waals surface area contributed by atoms with E-state index >= 15 is 0 Å². The van der Waals surface area contributed by atoms with Crippen LogP contribution < -0.4 is 10.9 Å². The SMILES string of the molecule is Cc1cc(Br)cn(CC(=O)Nc2ccc(C(=O)OC(C)C)cc2)c1=O. The number of hydrogen-bond acceptors (Lipinski definition) is 4. The number of amides is 1. The van der Waals surface area contributed by atoms with E-state index in [4.69, 9.17) is 4.74 Å². The fourth-order valence-electron chi connectivity index (χ4n) is 2.18. The summed E-state index contributed by atoms with van der Waals surface area (Å²) in [6.45, 7) is 5.14. The molecule has 0 aliphatic carbocycles. The van der Waals surface area contributed by atoms with Gasteiger partial charge in [0.05, 0.1) is 11.7 Å². The number of carbonyl (C=O) groups excluding carboxylic acids is 2. The van der Waals surface area contributed by atoms with Gasteiger partial charge in [0, 0.05) is 21.9 Å². The average molecular weight is 407 g/mol. The molecule has 0 aliphatic rings. The Morgan fingerprint density at radius 1 is 1.24 bits per heavy atom. The molecule has 6 nitrogen and oxygen atoms in total. The zero-order valence-corrected chi connectivity index (χ0v) is 15.8. The van der Waals surface area contributed by atoms with Gasteiger partial charge in [-0.2, -0.15) is 0 Å². The van der Waals surface area contributed by atoms with E-state index in [1.807, 2.05) is 0 Å². The molecular formula is C18H19BrN2O4. The van der Waals surface area contributed by atoms with Crippen LogP contribution >= 0.6 is 15.9 Å². The smallest absolute Gasteiger partial charge is 0.338 e. The van der Waals surface area contributed by atoms with Crippen molar-refractivity contribution in [2.45, 2.75) is 33.4 Å². The van der Waals surface area contributed by atoms with Crippen molar-refractivity contribution in [1.82, 2.24) is 4.57 Å². The van der Waals surface area contributed by atoms with Crippen LogP contribution in [-0.2, 0) is 16.1 Å². The maximum absolute atomic E-state index is 12.1. The van der Waals surface area contributed by atoms with Gasteiger partial charge in [-0.3, -0.25) is 9.59 Å². The molecule has 0 saturated heterocycles. The quantitative estimate of drug-likeness (QED) is 0.773. The molecule has 1 aromatic heterocycles. The number of halogens is 1. The molecule has 0 aliphatic heterocycles. The van der Waals surface area contributed by atoms with Crippen molar-refractivity contribution >= 4 is 33.5 Å². The number of anilines is 1. The van der Waals surface area contributed by atoms with Gasteiger partial charge in [-0.15, -0.1) is 0 Å². The molecule has 1 amide bonds. The molecule has 2 aromatic rings. The van der Waals surface area contributed by atoms with Crippen molar-refractivity contribution < 1.29 is 14.3 Å². The van der Waals surface area contributed by atoms with Crippen LogP contribution in [0.5, 0.6) is 0 Å². The summed E-state index contributed by atoms with van der Waals surface area (Å²) in [6, 6.07) is 8.09. The first-order valence-electron chi connectivity index (χ1n) is 7.73. The Bertz CT molecular complexity index is 841. The third-order valence-corrected chi connectivity index (χ3v) is 3.73. The summed E-state index contributed by atoms with van der Waals surface area (Å²) in [5, 5.41) is 2.70. The lowest BCUT2D eigenvalue weighted by atomic mass is 10.2. The Kier molecular flexibility index (Phi) is 6.14. The van der Waals surface area contributed by atoms with Crippen LogP contribution in [-0.4, -0.2) is 22.5 Å². The number of aromatic nitrogens is 1. The minimum Gasteiger partial charge on any atom is -0.459 e. The number of hydrogen-bond donors (Lipinski definition) is 1. The largest absolute Gasteiger partial charge is 0.459 e. The number of aryl methyl sites for hydroxylation is 1. The van der Waals surface area contributed by atoms with E-state index in [0.29, 0.717) is 16.8 Å². The molecule has 1 heterocycles. The molecule has 0 radical (unpaired) electrons. The fourth-order valence-corrected chi connectivity index (χ4v) is 2.77. The van der Waals surface area contributed by atoms with E-state index in [0.717, 1.165) is 4.47 Å². The van der Waals surface area contributed by atoms with Gasteiger partial charge in [0.15, 0.2) is 0 Å². The summed E-state index contributed by atoms with van der Waals surface area (Å²) >= 11 is 3.31. The van der Waals surface area contributed by atoms with Gasteiger partial charge in [0.2, 0.25) is 5.91 Å². The summed E-state index contributed by atoms with van der Waals surface area (Å²) in [6.07, 6.45) is 1.37. The highest BCUT2D eigenvalue weighted by Gasteiger charge is 2.11. The van der Waals surface area contributed by atoms with Gasteiger partial charge >= 0.3 is 5.97 Å². The highest BCUT2D eigenvalue weighted by Crippen LogP contribution is 2.12. The number of ether oxygens (including phenoxy) is 1. The molecule has 25 heavy (non-hydrogen) atoms. The fraction of sp³-hybridized carbons (Fsp3) is 0.278. The summed E-state index contributed by atoms with van der Waals surface area (Å²) in [5.41, 5.74) is 1.27. The van der Waals surface area contributed by atoms with Gasteiger partial charge < -0.3 is 14.6 Å². The zero-order chi connectivity index (χ0) is 18.6.